The number of piperidine rings is 1. The fourth-order valence-electron chi connectivity index (χ4n) is 5.70. The van der Waals surface area contributed by atoms with Crippen molar-refractivity contribution in [2.75, 3.05) is 26.3 Å². The van der Waals surface area contributed by atoms with Crippen LogP contribution in [0.2, 0.25) is 0 Å². The molecule has 1 aromatic carbocycles. The maximum atomic E-state index is 5.55. The van der Waals surface area contributed by atoms with Crippen LogP contribution in [0.25, 0.3) is 27.7 Å². The predicted molar refractivity (Wildman–Crippen MR) is 125 cm³/mol. The lowest BCUT2D eigenvalue weighted by Crippen LogP contribution is -2.43. The van der Waals surface area contributed by atoms with Crippen molar-refractivity contribution in [2.45, 2.75) is 51.5 Å². The van der Waals surface area contributed by atoms with E-state index in [-0.39, 0.29) is 0 Å². The average molecular weight is 431 g/mol. The van der Waals surface area contributed by atoms with Gasteiger partial charge in [-0.25, -0.2) is 9.50 Å². The Bertz CT molecular complexity index is 1260. The number of H-pyrrole nitrogens is 1. The first-order valence-corrected chi connectivity index (χ1v) is 11.8. The third-order valence-electron chi connectivity index (χ3n) is 7.42. The van der Waals surface area contributed by atoms with Crippen molar-refractivity contribution in [1.29, 1.82) is 0 Å². The molecular formula is C25H30N6O. The molecule has 5 heterocycles. The zero-order chi connectivity index (χ0) is 21.7. The topological polar surface area (TPSA) is 71.3 Å². The third-order valence-corrected chi connectivity index (χ3v) is 7.42. The molecule has 2 saturated heterocycles. The largest absolute Gasteiger partial charge is 0.381 e. The Morgan fingerprint density at radius 1 is 0.969 bits per heavy atom. The molecule has 0 radical (unpaired) electrons. The van der Waals surface area contributed by atoms with Crippen LogP contribution >= 0.6 is 0 Å². The van der Waals surface area contributed by atoms with Gasteiger partial charge < -0.3 is 9.64 Å². The number of hydrogen-bond acceptors (Lipinski definition) is 5. The fourth-order valence-corrected chi connectivity index (χ4v) is 5.70. The molecule has 0 aliphatic carbocycles. The van der Waals surface area contributed by atoms with Gasteiger partial charge in [0.25, 0.3) is 0 Å². The van der Waals surface area contributed by atoms with Crippen LogP contribution < -0.4 is 0 Å². The van der Waals surface area contributed by atoms with Gasteiger partial charge in [0, 0.05) is 48.0 Å². The minimum Gasteiger partial charge on any atom is -0.381 e. The molecule has 166 valence electrons. The van der Waals surface area contributed by atoms with Crippen LogP contribution in [0.15, 0.2) is 30.7 Å². The lowest BCUT2D eigenvalue weighted by atomic mass is 9.88. The SMILES string of the molecule is Cc1cc(-c2cc(C)c3ncnn3c2)cc2n[nH]c(C3CCN(C4CCOCC4)CC3)c12. The second-order valence-corrected chi connectivity index (χ2v) is 9.42. The summed E-state index contributed by atoms with van der Waals surface area (Å²) in [5, 5.41) is 13.8. The molecule has 2 aliphatic rings. The summed E-state index contributed by atoms with van der Waals surface area (Å²) in [5.74, 6) is 0.550. The number of nitrogens with one attached hydrogen (secondary N) is 1. The smallest absolute Gasteiger partial charge is 0.158 e. The second-order valence-electron chi connectivity index (χ2n) is 9.42. The minimum atomic E-state index is 0.550. The first kappa shape index (κ1) is 19.9. The molecule has 7 nitrogen and oxygen atoms in total. The number of aryl methyl sites for hydroxylation is 2. The standard InChI is InChI=1S/C25H30N6O/c1-16-11-19(20-12-17(2)25-26-15-27-31(25)14-20)13-22-23(16)24(29-28-22)18-3-7-30(8-4-18)21-5-9-32-10-6-21/h11-15,18,21H,3-10H2,1-2H3,(H,28,29). The van der Waals surface area contributed by atoms with Crippen molar-refractivity contribution in [2.24, 2.45) is 0 Å². The summed E-state index contributed by atoms with van der Waals surface area (Å²) >= 11 is 0. The van der Waals surface area contributed by atoms with Crippen LogP contribution in [-0.4, -0.2) is 62.0 Å². The van der Waals surface area contributed by atoms with E-state index in [1.165, 1.54) is 61.0 Å². The van der Waals surface area contributed by atoms with Gasteiger partial charge in [-0.05, 0) is 81.4 Å². The van der Waals surface area contributed by atoms with Crippen LogP contribution in [0, 0.1) is 13.8 Å². The van der Waals surface area contributed by atoms with Crippen molar-refractivity contribution < 1.29 is 4.74 Å². The average Bonchev–Trinajstić information content (AvgIpc) is 3.47. The summed E-state index contributed by atoms with van der Waals surface area (Å²) in [4.78, 5) is 7.02. The van der Waals surface area contributed by atoms with Crippen LogP contribution in [0.1, 0.15) is 48.4 Å². The number of pyridine rings is 1. The molecule has 0 saturated carbocycles. The Morgan fingerprint density at radius 2 is 1.75 bits per heavy atom. The molecule has 3 aromatic heterocycles. The number of aromatic amines is 1. The molecule has 6 rings (SSSR count). The highest BCUT2D eigenvalue weighted by molar-refractivity contribution is 5.90. The predicted octanol–water partition coefficient (Wildman–Crippen LogP) is 4.25. The van der Waals surface area contributed by atoms with Gasteiger partial charge in [0.2, 0.25) is 0 Å². The van der Waals surface area contributed by atoms with Crippen LogP contribution in [0.4, 0.5) is 0 Å². The quantitative estimate of drug-likeness (QED) is 0.526. The molecule has 1 N–H and O–H groups in total. The van der Waals surface area contributed by atoms with E-state index in [2.05, 4.69) is 58.3 Å². The summed E-state index contributed by atoms with van der Waals surface area (Å²) in [6.07, 6.45) is 8.40. The molecule has 0 atom stereocenters. The van der Waals surface area contributed by atoms with E-state index in [0.29, 0.717) is 12.0 Å². The summed E-state index contributed by atoms with van der Waals surface area (Å²) in [5.41, 5.74) is 7.99. The molecule has 0 amide bonds. The number of fused-ring (bicyclic) bond motifs is 2. The highest BCUT2D eigenvalue weighted by atomic mass is 16.5. The summed E-state index contributed by atoms with van der Waals surface area (Å²) in [6.45, 7) is 8.47. The molecule has 2 fully saturated rings. The Balaban J connectivity index is 1.27. The third kappa shape index (κ3) is 3.40. The van der Waals surface area contributed by atoms with Gasteiger partial charge in [-0.3, -0.25) is 5.10 Å². The van der Waals surface area contributed by atoms with E-state index in [9.17, 15) is 0 Å². The maximum Gasteiger partial charge on any atom is 0.158 e. The van der Waals surface area contributed by atoms with Crippen molar-refractivity contribution in [3.8, 4) is 11.1 Å². The number of aromatic nitrogens is 5. The Labute approximate surface area is 187 Å². The molecule has 0 unspecified atom stereocenters. The first-order valence-electron chi connectivity index (χ1n) is 11.8. The normalized spacial score (nSPS) is 19.3. The van der Waals surface area contributed by atoms with Crippen LogP contribution in [0.5, 0.6) is 0 Å². The van der Waals surface area contributed by atoms with Crippen LogP contribution in [-0.2, 0) is 4.74 Å². The van der Waals surface area contributed by atoms with E-state index in [4.69, 9.17) is 9.84 Å². The van der Waals surface area contributed by atoms with E-state index >= 15 is 0 Å². The second kappa shape index (κ2) is 7.98. The zero-order valence-corrected chi connectivity index (χ0v) is 18.8. The Morgan fingerprint density at radius 3 is 2.56 bits per heavy atom. The van der Waals surface area contributed by atoms with Crippen molar-refractivity contribution >= 4 is 16.6 Å². The molecule has 32 heavy (non-hydrogen) atoms. The number of hydrogen-bond donors (Lipinski definition) is 1. The molecule has 7 heteroatoms. The van der Waals surface area contributed by atoms with Gasteiger partial charge in [-0.15, -0.1) is 0 Å². The van der Waals surface area contributed by atoms with Gasteiger partial charge in [0.05, 0.1) is 5.52 Å². The van der Waals surface area contributed by atoms with E-state index < -0.39 is 0 Å². The molecule has 0 bridgehead atoms. The minimum absolute atomic E-state index is 0.550. The molecule has 2 aliphatic heterocycles. The van der Waals surface area contributed by atoms with Crippen molar-refractivity contribution in [3.05, 3.63) is 47.5 Å². The Kier molecular flexibility index (Phi) is 4.96. The van der Waals surface area contributed by atoms with Gasteiger partial charge in [0.1, 0.15) is 6.33 Å². The lowest BCUT2D eigenvalue weighted by molar-refractivity contribution is 0.0251. The maximum absolute atomic E-state index is 5.55. The Hall–Kier alpha value is -2.77. The monoisotopic (exact) mass is 430 g/mol. The number of nitrogens with zero attached hydrogens (tertiary/aromatic N) is 5. The summed E-state index contributed by atoms with van der Waals surface area (Å²) in [7, 11) is 0. The van der Waals surface area contributed by atoms with Gasteiger partial charge in [-0.2, -0.15) is 10.2 Å². The number of benzene rings is 1. The number of ether oxygens (including phenoxy) is 1. The van der Waals surface area contributed by atoms with Gasteiger partial charge >= 0.3 is 0 Å². The van der Waals surface area contributed by atoms with Gasteiger partial charge in [0.15, 0.2) is 5.65 Å². The van der Waals surface area contributed by atoms with Gasteiger partial charge in [-0.1, -0.05) is 6.07 Å². The highest BCUT2D eigenvalue weighted by Crippen LogP contribution is 2.36. The molecule has 0 spiro atoms. The zero-order valence-electron chi connectivity index (χ0n) is 18.8. The lowest BCUT2D eigenvalue weighted by Gasteiger charge is -2.39. The molecular weight excluding hydrogens is 400 g/mol. The van der Waals surface area contributed by atoms with E-state index in [1.807, 2.05) is 4.52 Å². The van der Waals surface area contributed by atoms with Crippen LogP contribution in [0.3, 0.4) is 0 Å². The summed E-state index contributed by atoms with van der Waals surface area (Å²) < 4.78 is 7.40. The summed E-state index contributed by atoms with van der Waals surface area (Å²) in [6, 6.07) is 7.38. The van der Waals surface area contributed by atoms with E-state index in [1.54, 1.807) is 6.33 Å². The number of likely N-dealkylation sites (tertiary alicyclic amines) is 1. The fraction of sp³-hybridized carbons (Fsp3) is 0.480. The number of rotatable bonds is 3. The van der Waals surface area contributed by atoms with Crippen molar-refractivity contribution in [1.82, 2.24) is 29.7 Å². The molecule has 4 aromatic rings. The van der Waals surface area contributed by atoms with E-state index in [0.717, 1.165) is 35.5 Å². The highest BCUT2D eigenvalue weighted by Gasteiger charge is 2.29. The van der Waals surface area contributed by atoms with Crippen molar-refractivity contribution in [3.63, 3.8) is 0 Å². The first-order chi connectivity index (χ1) is 15.7.